The Bertz CT molecular complexity index is 819. The fourth-order valence-electron chi connectivity index (χ4n) is 2.33. The van der Waals surface area contributed by atoms with Gasteiger partial charge in [0, 0.05) is 0 Å². The second-order valence-corrected chi connectivity index (χ2v) is 5.04. The number of nitro groups is 1. The number of hydrogen-bond donors (Lipinski definition) is 1. The van der Waals surface area contributed by atoms with Gasteiger partial charge in [-0.15, -0.1) is 0 Å². The van der Waals surface area contributed by atoms with Crippen molar-refractivity contribution in [1.29, 1.82) is 5.26 Å². The summed E-state index contributed by atoms with van der Waals surface area (Å²) in [6.45, 7) is 4.66. The van der Waals surface area contributed by atoms with Crippen molar-refractivity contribution in [3.05, 3.63) is 51.3 Å². The molecule has 118 valence electrons. The number of aryl methyl sites for hydroxylation is 1. The molecule has 1 atom stereocenters. The van der Waals surface area contributed by atoms with Crippen molar-refractivity contribution in [2.75, 3.05) is 5.32 Å². The van der Waals surface area contributed by atoms with Gasteiger partial charge in [0.25, 0.3) is 0 Å². The first kappa shape index (κ1) is 16.2. The van der Waals surface area contributed by atoms with Crippen molar-refractivity contribution >= 4 is 17.3 Å². The number of nitriles is 1. The van der Waals surface area contributed by atoms with E-state index in [1.165, 1.54) is 11.6 Å². The summed E-state index contributed by atoms with van der Waals surface area (Å²) in [7, 11) is 0. The average molecular weight is 313 g/mol. The topological polar surface area (TPSA) is 114 Å². The van der Waals surface area contributed by atoms with E-state index in [2.05, 4.69) is 10.4 Å². The maximum atomic E-state index is 12.4. The van der Waals surface area contributed by atoms with Crippen LogP contribution in [-0.4, -0.2) is 20.6 Å². The molecule has 1 amide bonds. The number of amides is 1. The molecular weight excluding hydrogens is 298 g/mol. The Balaban J connectivity index is 2.29. The number of anilines is 1. The van der Waals surface area contributed by atoms with Crippen molar-refractivity contribution in [3.63, 3.8) is 0 Å². The number of carbonyl (C=O) groups is 1. The molecule has 8 heteroatoms. The van der Waals surface area contributed by atoms with Crippen molar-refractivity contribution in [2.45, 2.75) is 26.8 Å². The largest absolute Gasteiger partial charge is 0.323 e. The molecule has 2 aromatic rings. The van der Waals surface area contributed by atoms with E-state index in [1.807, 2.05) is 6.07 Å². The molecule has 2 rings (SSSR count). The second kappa shape index (κ2) is 6.27. The minimum atomic E-state index is -0.755. The Hall–Kier alpha value is -3.21. The molecule has 0 saturated carbocycles. The van der Waals surface area contributed by atoms with Crippen LogP contribution in [-0.2, 0) is 4.79 Å². The monoisotopic (exact) mass is 313 g/mol. The summed E-state index contributed by atoms with van der Waals surface area (Å²) in [6, 6.07) is 7.85. The second-order valence-electron chi connectivity index (χ2n) is 5.04. The van der Waals surface area contributed by atoms with Gasteiger partial charge in [-0.05, 0) is 32.9 Å². The summed E-state index contributed by atoms with van der Waals surface area (Å²) >= 11 is 0. The first-order chi connectivity index (χ1) is 10.9. The average Bonchev–Trinajstić information content (AvgIpc) is 2.81. The lowest BCUT2D eigenvalue weighted by atomic mass is 10.2. The maximum absolute atomic E-state index is 12.4. The molecule has 0 fully saturated rings. The Morgan fingerprint density at radius 3 is 2.65 bits per heavy atom. The molecular formula is C15H15N5O3. The van der Waals surface area contributed by atoms with Crippen LogP contribution in [0.4, 0.5) is 11.4 Å². The van der Waals surface area contributed by atoms with Crippen LogP contribution in [0.2, 0.25) is 0 Å². The molecule has 1 aromatic heterocycles. The lowest BCUT2D eigenvalue weighted by molar-refractivity contribution is -0.386. The number of rotatable bonds is 4. The van der Waals surface area contributed by atoms with Crippen LogP contribution >= 0.6 is 0 Å². The third kappa shape index (κ3) is 3.03. The molecule has 8 nitrogen and oxygen atoms in total. The summed E-state index contributed by atoms with van der Waals surface area (Å²) in [5.41, 5.74) is 1.20. The van der Waals surface area contributed by atoms with Gasteiger partial charge in [-0.3, -0.25) is 19.6 Å². The zero-order valence-electron chi connectivity index (χ0n) is 12.9. The van der Waals surface area contributed by atoms with E-state index in [0.717, 1.165) is 0 Å². The van der Waals surface area contributed by atoms with E-state index in [9.17, 15) is 14.9 Å². The molecule has 0 aliphatic heterocycles. The standard InChI is InChI=1S/C15H15N5O3/c1-9-14(20(22)23)10(2)19(18-9)11(3)15(21)17-13-7-5-4-6-12(13)8-16/h4-7,11H,1-3H3,(H,17,21). The van der Waals surface area contributed by atoms with Gasteiger partial charge in [-0.2, -0.15) is 10.4 Å². The van der Waals surface area contributed by atoms with Crippen LogP contribution in [0.15, 0.2) is 24.3 Å². The highest BCUT2D eigenvalue weighted by Crippen LogP contribution is 2.25. The number of benzene rings is 1. The molecule has 0 aliphatic carbocycles. The quantitative estimate of drug-likeness (QED) is 0.688. The first-order valence-electron chi connectivity index (χ1n) is 6.87. The lowest BCUT2D eigenvalue weighted by Crippen LogP contribution is -2.25. The van der Waals surface area contributed by atoms with E-state index < -0.39 is 16.9 Å². The van der Waals surface area contributed by atoms with Gasteiger partial charge in [0.15, 0.2) is 0 Å². The van der Waals surface area contributed by atoms with Crippen LogP contribution in [0.3, 0.4) is 0 Å². The van der Waals surface area contributed by atoms with Crippen molar-refractivity contribution in [1.82, 2.24) is 9.78 Å². The van der Waals surface area contributed by atoms with E-state index in [-0.39, 0.29) is 11.4 Å². The summed E-state index contributed by atoms with van der Waals surface area (Å²) < 4.78 is 1.32. The normalized spacial score (nSPS) is 11.6. The van der Waals surface area contributed by atoms with E-state index in [1.54, 1.807) is 38.1 Å². The minimum Gasteiger partial charge on any atom is -0.323 e. The number of nitrogens with one attached hydrogen (secondary N) is 1. The van der Waals surface area contributed by atoms with Gasteiger partial charge >= 0.3 is 5.69 Å². The zero-order valence-corrected chi connectivity index (χ0v) is 12.9. The van der Waals surface area contributed by atoms with Crippen LogP contribution in [0.1, 0.15) is 29.9 Å². The van der Waals surface area contributed by atoms with Crippen molar-refractivity contribution < 1.29 is 9.72 Å². The first-order valence-corrected chi connectivity index (χ1v) is 6.87. The summed E-state index contributed by atoms with van der Waals surface area (Å²) in [5.74, 6) is -0.409. The minimum absolute atomic E-state index is 0.0953. The molecule has 0 saturated heterocycles. The number of hydrogen-bond acceptors (Lipinski definition) is 5. The third-order valence-electron chi connectivity index (χ3n) is 3.52. The molecule has 1 unspecified atom stereocenters. The predicted molar refractivity (Wildman–Crippen MR) is 82.9 cm³/mol. The van der Waals surface area contributed by atoms with E-state index in [0.29, 0.717) is 16.9 Å². The van der Waals surface area contributed by atoms with Gasteiger partial charge in [0.1, 0.15) is 23.5 Å². The van der Waals surface area contributed by atoms with Gasteiger partial charge in [-0.1, -0.05) is 12.1 Å². The Labute approximate surface area is 132 Å². The van der Waals surface area contributed by atoms with Crippen LogP contribution in [0, 0.1) is 35.3 Å². The van der Waals surface area contributed by atoms with Gasteiger partial charge in [0.05, 0.1) is 16.2 Å². The maximum Gasteiger partial charge on any atom is 0.312 e. The molecule has 1 heterocycles. The molecule has 1 N–H and O–H groups in total. The molecule has 23 heavy (non-hydrogen) atoms. The van der Waals surface area contributed by atoms with Crippen molar-refractivity contribution in [2.24, 2.45) is 0 Å². The van der Waals surface area contributed by atoms with Crippen LogP contribution in [0.25, 0.3) is 0 Å². The summed E-state index contributed by atoms with van der Waals surface area (Å²) in [5, 5.41) is 26.8. The molecule has 0 bridgehead atoms. The Kier molecular flexibility index (Phi) is 4.41. The smallest absolute Gasteiger partial charge is 0.312 e. The van der Waals surface area contributed by atoms with Crippen LogP contribution < -0.4 is 5.32 Å². The fraction of sp³-hybridized carbons (Fsp3) is 0.267. The molecule has 0 aliphatic rings. The number of carbonyl (C=O) groups excluding carboxylic acids is 1. The van der Waals surface area contributed by atoms with E-state index in [4.69, 9.17) is 5.26 Å². The fourth-order valence-corrected chi connectivity index (χ4v) is 2.33. The number of aromatic nitrogens is 2. The molecule has 1 aromatic carbocycles. The highest BCUT2D eigenvalue weighted by atomic mass is 16.6. The van der Waals surface area contributed by atoms with Gasteiger partial charge < -0.3 is 5.32 Å². The summed E-state index contributed by atoms with van der Waals surface area (Å²) in [6.07, 6.45) is 0. The zero-order chi connectivity index (χ0) is 17.1. The SMILES string of the molecule is Cc1nn(C(C)C(=O)Nc2ccccc2C#N)c(C)c1[N+](=O)[O-]. The number of para-hydroxylation sites is 1. The Morgan fingerprint density at radius 2 is 2.09 bits per heavy atom. The van der Waals surface area contributed by atoms with Crippen molar-refractivity contribution in [3.8, 4) is 6.07 Å². The van der Waals surface area contributed by atoms with Gasteiger partial charge in [0.2, 0.25) is 5.91 Å². The van der Waals surface area contributed by atoms with E-state index >= 15 is 0 Å². The predicted octanol–water partition coefficient (Wildman–Crippen LogP) is 2.48. The highest BCUT2D eigenvalue weighted by molar-refractivity contribution is 5.94. The molecule has 0 spiro atoms. The lowest BCUT2D eigenvalue weighted by Gasteiger charge is -2.14. The van der Waals surface area contributed by atoms with Gasteiger partial charge in [-0.25, -0.2) is 0 Å². The third-order valence-corrected chi connectivity index (χ3v) is 3.52. The highest BCUT2D eigenvalue weighted by Gasteiger charge is 2.27. The number of nitrogens with zero attached hydrogens (tertiary/aromatic N) is 4. The van der Waals surface area contributed by atoms with Crippen LogP contribution in [0.5, 0.6) is 0 Å². The Morgan fingerprint density at radius 1 is 1.43 bits per heavy atom. The molecule has 0 radical (unpaired) electrons. The summed E-state index contributed by atoms with van der Waals surface area (Å²) in [4.78, 5) is 22.9.